The normalized spacial score (nSPS) is 11.0. The number of nitrogens with zero attached hydrogens (tertiary/aromatic N) is 5. The zero-order chi connectivity index (χ0) is 21.2. The van der Waals surface area contributed by atoms with Gasteiger partial charge in [0.15, 0.2) is 11.5 Å². The van der Waals surface area contributed by atoms with Crippen LogP contribution < -0.4 is 5.32 Å². The fourth-order valence-corrected chi connectivity index (χ4v) is 3.52. The third kappa shape index (κ3) is 3.69. The van der Waals surface area contributed by atoms with E-state index in [9.17, 15) is 4.79 Å². The van der Waals surface area contributed by atoms with Crippen molar-refractivity contribution < 1.29 is 4.79 Å². The van der Waals surface area contributed by atoms with Crippen LogP contribution in [0.1, 0.15) is 21.7 Å². The van der Waals surface area contributed by atoms with Crippen LogP contribution >= 0.6 is 0 Å². The lowest BCUT2D eigenvalue weighted by Crippen LogP contribution is -2.24. The number of carbonyl (C=O) groups is 1. The van der Waals surface area contributed by atoms with Crippen molar-refractivity contribution in [3.05, 3.63) is 102 Å². The Kier molecular flexibility index (Phi) is 4.76. The van der Waals surface area contributed by atoms with E-state index in [1.807, 2.05) is 90.3 Å². The molecule has 0 aliphatic rings. The third-order valence-electron chi connectivity index (χ3n) is 5.06. The molecule has 0 fully saturated rings. The van der Waals surface area contributed by atoms with Crippen molar-refractivity contribution in [2.24, 2.45) is 0 Å². The van der Waals surface area contributed by atoms with Crippen molar-refractivity contribution in [2.45, 2.75) is 13.5 Å². The third-order valence-corrected chi connectivity index (χ3v) is 5.06. The van der Waals surface area contributed by atoms with E-state index < -0.39 is 0 Å². The Morgan fingerprint density at radius 3 is 2.65 bits per heavy atom. The average molecular weight is 408 g/mol. The molecule has 0 atom stereocenters. The highest BCUT2D eigenvalue weighted by molar-refractivity contribution is 5.99. The summed E-state index contributed by atoms with van der Waals surface area (Å²) in [5.41, 5.74) is 4.77. The van der Waals surface area contributed by atoms with Crippen LogP contribution in [-0.2, 0) is 6.54 Å². The van der Waals surface area contributed by atoms with Crippen LogP contribution in [0.25, 0.3) is 22.6 Å². The van der Waals surface area contributed by atoms with Gasteiger partial charge in [0.05, 0.1) is 17.8 Å². The maximum atomic E-state index is 13.2. The molecular weight excluding hydrogens is 388 g/mol. The highest BCUT2D eigenvalue weighted by Gasteiger charge is 2.19. The monoisotopic (exact) mass is 408 g/mol. The highest BCUT2D eigenvalue weighted by atomic mass is 16.1. The standard InChI is InChI=1S/C24H20N6O/c1-17-8-7-9-18(14-17)23-20(16-30(28-23)19-10-3-2-4-11-19)24(31)25-15-22-27-26-21-12-5-6-13-29(21)22/h2-14,16H,15H2,1H3,(H,25,31). The van der Waals surface area contributed by atoms with Gasteiger partial charge in [-0.3, -0.25) is 9.20 Å². The molecule has 152 valence electrons. The topological polar surface area (TPSA) is 77.1 Å². The Morgan fingerprint density at radius 2 is 1.81 bits per heavy atom. The summed E-state index contributed by atoms with van der Waals surface area (Å²) in [6, 6.07) is 23.4. The Balaban J connectivity index is 1.49. The molecule has 7 nitrogen and oxygen atoms in total. The summed E-state index contributed by atoms with van der Waals surface area (Å²) in [6.07, 6.45) is 3.65. The van der Waals surface area contributed by atoms with E-state index in [-0.39, 0.29) is 12.5 Å². The fraction of sp³-hybridized carbons (Fsp3) is 0.0833. The molecular formula is C24H20N6O. The largest absolute Gasteiger partial charge is 0.345 e. The molecule has 3 heterocycles. The van der Waals surface area contributed by atoms with Gasteiger partial charge in [0.25, 0.3) is 5.91 Å². The van der Waals surface area contributed by atoms with Crippen LogP contribution in [0.4, 0.5) is 0 Å². The minimum atomic E-state index is -0.216. The SMILES string of the molecule is Cc1cccc(-c2nn(-c3ccccc3)cc2C(=O)NCc2nnc3ccccn23)c1. The van der Waals surface area contributed by atoms with E-state index in [1.165, 1.54) is 0 Å². The van der Waals surface area contributed by atoms with Crippen LogP contribution in [-0.4, -0.2) is 30.3 Å². The second kappa shape index (κ2) is 7.87. The maximum Gasteiger partial charge on any atom is 0.255 e. The maximum absolute atomic E-state index is 13.2. The lowest BCUT2D eigenvalue weighted by Gasteiger charge is -2.05. The quantitative estimate of drug-likeness (QED) is 0.480. The van der Waals surface area contributed by atoms with Crippen LogP contribution in [0.2, 0.25) is 0 Å². The Bertz CT molecular complexity index is 1370. The van der Waals surface area contributed by atoms with E-state index in [0.717, 1.165) is 22.5 Å². The van der Waals surface area contributed by atoms with Crippen molar-refractivity contribution in [2.75, 3.05) is 0 Å². The van der Waals surface area contributed by atoms with E-state index >= 15 is 0 Å². The molecule has 5 rings (SSSR count). The van der Waals surface area contributed by atoms with Crippen LogP contribution in [0.3, 0.4) is 0 Å². The summed E-state index contributed by atoms with van der Waals surface area (Å²) in [5, 5.41) is 16.0. The van der Waals surface area contributed by atoms with Gasteiger partial charge < -0.3 is 5.32 Å². The van der Waals surface area contributed by atoms with Gasteiger partial charge in [0.1, 0.15) is 5.69 Å². The lowest BCUT2D eigenvalue weighted by atomic mass is 10.1. The number of rotatable bonds is 5. The van der Waals surface area contributed by atoms with Gasteiger partial charge >= 0.3 is 0 Å². The van der Waals surface area contributed by atoms with Gasteiger partial charge in [-0.2, -0.15) is 5.10 Å². The van der Waals surface area contributed by atoms with Crippen molar-refractivity contribution in [1.82, 2.24) is 29.7 Å². The number of hydrogen-bond donors (Lipinski definition) is 1. The van der Waals surface area contributed by atoms with Crippen molar-refractivity contribution in [3.8, 4) is 16.9 Å². The summed E-state index contributed by atoms with van der Waals surface area (Å²) >= 11 is 0. The van der Waals surface area contributed by atoms with Crippen molar-refractivity contribution in [3.63, 3.8) is 0 Å². The predicted octanol–water partition coefficient (Wildman–Crippen LogP) is 3.82. The first-order valence-electron chi connectivity index (χ1n) is 9.98. The summed E-state index contributed by atoms with van der Waals surface area (Å²) < 4.78 is 3.59. The Hall–Kier alpha value is -4.26. The number of benzene rings is 2. The van der Waals surface area contributed by atoms with Crippen LogP contribution in [0.15, 0.2) is 85.2 Å². The van der Waals surface area contributed by atoms with Gasteiger partial charge in [0, 0.05) is 18.0 Å². The van der Waals surface area contributed by atoms with Crippen molar-refractivity contribution >= 4 is 11.6 Å². The van der Waals surface area contributed by atoms with Gasteiger partial charge in [-0.1, -0.05) is 48.0 Å². The molecule has 0 unspecified atom stereocenters. The molecule has 1 N–H and O–H groups in total. The van der Waals surface area contributed by atoms with Crippen molar-refractivity contribution in [1.29, 1.82) is 0 Å². The van der Waals surface area contributed by atoms with E-state index in [4.69, 9.17) is 5.10 Å². The number of amides is 1. The molecule has 3 aromatic heterocycles. The van der Waals surface area contributed by atoms with E-state index in [2.05, 4.69) is 15.5 Å². The second-order valence-electron chi connectivity index (χ2n) is 7.27. The molecule has 0 saturated carbocycles. The summed E-state index contributed by atoms with van der Waals surface area (Å²) in [7, 11) is 0. The minimum Gasteiger partial charge on any atom is -0.345 e. The fourth-order valence-electron chi connectivity index (χ4n) is 3.52. The number of carbonyl (C=O) groups excluding carboxylic acids is 1. The predicted molar refractivity (Wildman–Crippen MR) is 118 cm³/mol. The highest BCUT2D eigenvalue weighted by Crippen LogP contribution is 2.24. The zero-order valence-electron chi connectivity index (χ0n) is 16.9. The molecule has 0 spiro atoms. The molecule has 5 aromatic rings. The summed E-state index contributed by atoms with van der Waals surface area (Å²) in [6.45, 7) is 2.28. The molecule has 7 heteroatoms. The van der Waals surface area contributed by atoms with Crippen LogP contribution in [0.5, 0.6) is 0 Å². The molecule has 1 amide bonds. The van der Waals surface area contributed by atoms with Gasteiger partial charge in [-0.15, -0.1) is 10.2 Å². The molecule has 31 heavy (non-hydrogen) atoms. The Labute approximate surface area is 179 Å². The summed E-state index contributed by atoms with van der Waals surface area (Å²) in [5.74, 6) is 0.447. The molecule has 2 aromatic carbocycles. The first-order chi connectivity index (χ1) is 15.2. The number of nitrogens with one attached hydrogen (secondary N) is 1. The lowest BCUT2D eigenvalue weighted by molar-refractivity contribution is 0.0950. The van der Waals surface area contributed by atoms with E-state index in [0.29, 0.717) is 17.1 Å². The molecule has 0 aliphatic heterocycles. The Morgan fingerprint density at radius 1 is 0.968 bits per heavy atom. The second-order valence-corrected chi connectivity index (χ2v) is 7.27. The minimum absolute atomic E-state index is 0.216. The molecule has 0 bridgehead atoms. The first kappa shape index (κ1) is 18.7. The number of para-hydroxylation sites is 1. The number of fused-ring (bicyclic) bond motifs is 1. The molecule has 0 radical (unpaired) electrons. The number of pyridine rings is 1. The smallest absolute Gasteiger partial charge is 0.255 e. The number of aromatic nitrogens is 5. The van der Waals surface area contributed by atoms with Gasteiger partial charge in [0.2, 0.25) is 0 Å². The van der Waals surface area contributed by atoms with E-state index in [1.54, 1.807) is 10.9 Å². The number of hydrogen-bond acceptors (Lipinski definition) is 4. The first-order valence-corrected chi connectivity index (χ1v) is 9.98. The molecule has 0 saturated heterocycles. The zero-order valence-corrected chi connectivity index (χ0v) is 16.9. The molecule has 0 aliphatic carbocycles. The average Bonchev–Trinajstić information content (AvgIpc) is 3.43. The van der Waals surface area contributed by atoms with Crippen LogP contribution in [0, 0.1) is 6.92 Å². The van der Waals surface area contributed by atoms with Gasteiger partial charge in [-0.05, 0) is 37.3 Å². The van der Waals surface area contributed by atoms with Gasteiger partial charge in [-0.25, -0.2) is 4.68 Å². The summed E-state index contributed by atoms with van der Waals surface area (Å²) in [4.78, 5) is 13.2. The number of aryl methyl sites for hydroxylation is 1.